The van der Waals surface area contributed by atoms with Gasteiger partial charge in [0, 0.05) is 24.4 Å². The minimum atomic E-state index is -0.00792. The molecule has 2 heterocycles. The molecular formula is C15H18N4OS. The van der Waals surface area contributed by atoms with Crippen LogP contribution in [0, 0.1) is 0 Å². The minimum absolute atomic E-state index is 0.00792. The van der Waals surface area contributed by atoms with Crippen LogP contribution in [0.2, 0.25) is 0 Å². The zero-order valence-electron chi connectivity index (χ0n) is 12.0. The van der Waals surface area contributed by atoms with Crippen molar-refractivity contribution >= 4 is 17.7 Å². The number of carbonyl (C=O) groups excluding carboxylic acids is 1. The van der Waals surface area contributed by atoms with Crippen LogP contribution in [0.25, 0.3) is 0 Å². The third-order valence-electron chi connectivity index (χ3n) is 3.62. The third kappa shape index (κ3) is 3.10. The molecule has 1 aliphatic heterocycles. The molecule has 0 saturated carbocycles. The molecule has 2 aromatic rings. The molecular weight excluding hydrogens is 284 g/mol. The van der Waals surface area contributed by atoms with Crippen molar-refractivity contribution in [3.05, 3.63) is 42.0 Å². The smallest absolute Gasteiger partial charge is 0.233 e. The van der Waals surface area contributed by atoms with Crippen LogP contribution in [0.15, 0.2) is 35.5 Å². The summed E-state index contributed by atoms with van der Waals surface area (Å²) in [6, 6.07) is 8.22. The Kier molecular flexibility index (Phi) is 4.24. The lowest BCUT2D eigenvalue weighted by Gasteiger charge is -2.10. The van der Waals surface area contributed by atoms with E-state index in [0.717, 1.165) is 18.8 Å². The fourth-order valence-electron chi connectivity index (χ4n) is 2.48. The first kappa shape index (κ1) is 14.1. The van der Waals surface area contributed by atoms with Crippen molar-refractivity contribution in [1.29, 1.82) is 0 Å². The fourth-order valence-corrected chi connectivity index (χ4v) is 3.70. The summed E-state index contributed by atoms with van der Waals surface area (Å²) < 4.78 is 1.99. The Morgan fingerprint density at radius 1 is 1.48 bits per heavy atom. The zero-order chi connectivity index (χ0) is 14.7. The summed E-state index contributed by atoms with van der Waals surface area (Å²) in [5.41, 5.74) is 1.27. The highest BCUT2D eigenvalue weighted by Crippen LogP contribution is 2.36. The summed E-state index contributed by atoms with van der Waals surface area (Å²) in [7, 11) is 0. The molecule has 1 aromatic heterocycles. The number of carbonyl (C=O) groups is 1. The lowest BCUT2D eigenvalue weighted by Crippen LogP contribution is -2.34. The molecule has 110 valence electrons. The van der Waals surface area contributed by atoms with Gasteiger partial charge in [-0.2, -0.15) is 0 Å². The van der Waals surface area contributed by atoms with Gasteiger partial charge in [-0.15, -0.1) is 22.0 Å². The van der Waals surface area contributed by atoms with E-state index in [0.29, 0.717) is 13.0 Å². The van der Waals surface area contributed by atoms with Gasteiger partial charge in [0.15, 0.2) is 0 Å². The van der Waals surface area contributed by atoms with Gasteiger partial charge in [0.25, 0.3) is 0 Å². The number of aryl methyl sites for hydroxylation is 1. The predicted molar refractivity (Wildman–Crippen MR) is 82.2 cm³/mol. The van der Waals surface area contributed by atoms with Crippen LogP contribution in [0.4, 0.5) is 0 Å². The number of aromatic nitrogens is 3. The topological polar surface area (TPSA) is 59.8 Å². The van der Waals surface area contributed by atoms with Crippen LogP contribution in [0.1, 0.15) is 18.3 Å². The van der Waals surface area contributed by atoms with E-state index in [9.17, 15) is 4.79 Å². The largest absolute Gasteiger partial charge is 0.355 e. The number of rotatable bonds is 5. The van der Waals surface area contributed by atoms with E-state index in [-0.39, 0.29) is 11.2 Å². The summed E-state index contributed by atoms with van der Waals surface area (Å²) in [6.07, 6.45) is 3.25. The number of thioether (sulfide) groups is 1. The van der Waals surface area contributed by atoms with Crippen molar-refractivity contribution in [2.24, 2.45) is 0 Å². The predicted octanol–water partition coefficient (Wildman–Crippen LogP) is 1.67. The van der Waals surface area contributed by atoms with Crippen LogP contribution in [0.5, 0.6) is 0 Å². The normalized spacial score (nSPS) is 16.7. The molecule has 0 bridgehead atoms. The lowest BCUT2D eigenvalue weighted by atomic mass is 10.1. The maximum Gasteiger partial charge on any atom is 0.233 e. The van der Waals surface area contributed by atoms with Crippen molar-refractivity contribution in [3.63, 3.8) is 0 Å². The molecule has 0 saturated heterocycles. The van der Waals surface area contributed by atoms with Crippen LogP contribution < -0.4 is 5.32 Å². The molecule has 1 N–H and O–H groups in total. The highest BCUT2D eigenvalue weighted by atomic mass is 32.2. The van der Waals surface area contributed by atoms with E-state index < -0.39 is 0 Å². The molecule has 0 aliphatic carbocycles. The summed E-state index contributed by atoms with van der Waals surface area (Å²) in [5, 5.41) is 11.0. The highest BCUT2D eigenvalue weighted by Gasteiger charge is 2.27. The molecule has 0 radical (unpaired) electrons. The average Bonchev–Trinajstić information content (AvgIpc) is 3.13. The van der Waals surface area contributed by atoms with Crippen molar-refractivity contribution in [3.8, 4) is 0 Å². The van der Waals surface area contributed by atoms with Gasteiger partial charge in [-0.3, -0.25) is 4.79 Å². The minimum Gasteiger partial charge on any atom is -0.355 e. The van der Waals surface area contributed by atoms with Crippen molar-refractivity contribution in [2.75, 3.05) is 6.54 Å². The maximum atomic E-state index is 12.2. The Bertz CT molecular complexity index is 615. The third-order valence-corrected chi connectivity index (χ3v) is 4.94. The van der Waals surface area contributed by atoms with Crippen molar-refractivity contribution < 1.29 is 4.79 Å². The van der Waals surface area contributed by atoms with Gasteiger partial charge in [0.2, 0.25) is 5.91 Å². The SMILES string of the molecule is CCn1cnnc1CCNC(=O)C1Cc2ccccc2S1. The number of amides is 1. The van der Waals surface area contributed by atoms with E-state index >= 15 is 0 Å². The Morgan fingerprint density at radius 2 is 2.33 bits per heavy atom. The van der Waals surface area contributed by atoms with E-state index in [1.165, 1.54) is 10.5 Å². The van der Waals surface area contributed by atoms with Gasteiger partial charge in [-0.05, 0) is 25.0 Å². The van der Waals surface area contributed by atoms with Crippen LogP contribution in [0.3, 0.4) is 0 Å². The van der Waals surface area contributed by atoms with Crippen molar-refractivity contribution in [1.82, 2.24) is 20.1 Å². The number of nitrogens with zero attached hydrogens (tertiary/aromatic N) is 3. The van der Waals surface area contributed by atoms with Crippen molar-refractivity contribution in [2.45, 2.75) is 36.5 Å². The average molecular weight is 302 g/mol. The molecule has 0 spiro atoms. The first-order chi connectivity index (χ1) is 10.3. The van der Waals surface area contributed by atoms with E-state index in [1.807, 2.05) is 16.7 Å². The van der Waals surface area contributed by atoms with Crippen LogP contribution >= 0.6 is 11.8 Å². The first-order valence-corrected chi connectivity index (χ1v) is 8.05. The fraction of sp³-hybridized carbons (Fsp3) is 0.400. The second kappa shape index (κ2) is 6.30. The molecule has 5 nitrogen and oxygen atoms in total. The quantitative estimate of drug-likeness (QED) is 0.913. The first-order valence-electron chi connectivity index (χ1n) is 7.17. The number of fused-ring (bicyclic) bond motifs is 1. The number of nitrogens with one attached hydrogen (secondary N) is 1. The Labute approximate surface area is 128 Å². The van der Waals surface area contributed by atoms with Crippen LogP contribution in [-0.4, -0.2) is 32.5 Å². The van der Waals surface area contributed by atoms with E-state index in [4.69, 9.17) is 0 Å². The summed E-state index contributed by atoms with van der Waals surface area (Å²) >= 11 is 1.65. The molecule has 21 heavy (non-hydrogen) atoms. The Balaban J connectivity index is 1.50. The lowest BCUT2D eigenvalue weighted by molar-refractivity contribution is -0.120. The second-order valence-electron chi connectivity index (χ2n) is 4.99. The van der Waals surface area contributed by atoms with Gasteiger partial charge >= 0.3 is 0 Å². The van der Waals surface area contributed by atoms with Gasteiger partial charge in [0.05, 0.1) is 5.25 Å². The molecule has 6 heteroatoms. The number of benzene rings is 1. The summed E-state index contributed by atoms with van der Waals surface area (Å²) in [4.78, 5) is 13.4. The molecule has 0 fully saturated rings. The van der Waals surface area contributed by atoms with Gasteiger partial charge in [-0.1, -0.05) is 18.2 Å². The van der Waals surface area contributed by atoms with E-state index in [1.54, 1.807) is 18.1 Å². The summed E-state index contributed by atoms with van der Waals surface area (Å²) in [5.74, 6) is 1.03. The molecule has 1 aliphatic rings. The van der Waals surface area contributed by atoms with Gasteiger partial charge < -0.3 is 9.88 Å². The van der Waals surface area contributed by atoms with Crippen LogP contribution in [-0.2, 0) is 24.2 Å². The summed E-state index contributed by atoms with van der Waals surface area (Å²) in [6.45, 7) is 3.51. The van der Waals surface area contributed by atoms with E-state index in [2.05, 4.69) is 34.6 Å². The van der Waals surface area contributed by atoms with Gasteiger partial charge in [-0.25, -0.2) is 0 Å². The van der Waals surface area contributed by atoms with Gasteiger partial charge in [0.1, 0.15) is 12.2 Å². The maximum absolute atomic E-state index is 12.2. The second-order valence-corrected chi connectivity index (χ2v) is 6.24. The molecule has 1 atom stereocenters. The number of hydrogen-bond donors (Lipinski definition) is 1. The molecule has 3 rings (SSSR count). The Hall–Kier alpha value is -1.82. The molecule has 1 aromatic carbocycles. The standard InChI is InChI=1S/C15H18N4OS/c1-2-19-10-17-18-14(19)7-8-16-15(20)13-9-11-5-3-4-6-12(11)21-13/h3-6,10,13H,2,7-9H2,1H3,(H,16,20). The molecule has 1 unspecified atom stereocenters. The Morgan fingerprint density at radius 3 is 3.14 bits per heavy atom. The highest BCUT2D eigenvalue weighted by molar-refractivity contribution is 8.01. The molecule has 1 amide bonds. The zero-order valence-corrected chi connectivity index (χ0v) is 12.8. The monoisotopic (exact) mass is 302 g/mol. The number of hydrogen-bond acceptors (Lipinski definition) is 4.